The van der Waals surface area contributed by atoms with Crippen molar-refractivity contribution in [3.63, 3.8) is 0 Å². The summed E-state index contributed by atoms with van der Waals surface area (Å²) in [7, 11) is -2.63. The van der Waals surface area contributed by atoms with Gasteiger partial charge in [-0.1, -0.05) is 11.6 Å². The van der Waals surface area contributed by atoms with E-state index in [1.165, 1.54) is 19.2 Å². The molecule has 10 heteroatoms. The first-order valence-electron chi connectivity index (χ1n) is 7.25. The molecule has 0 saturated carbocycles. The molecule has 0 amide bonds. The van der Waals surface area contributed by atoms with Crippen LogP contribution in [0, 0.1) is 0 Å². The van der Waals surface area contributed by atoms with E-state index in [1.807, 2.05) is 0 Å². The summed E-state index contributed by atoms with van der Waals surface area (Å²) in [6.07, 6.45) is 0. The lowest BCUT2D eigenvalue weighted by atomic mass is 10.2. The molecule has 1 aliphatic rings. The van der Waals surface area contributed by atoms with Gasteiger partial charge in [0.25, 0.3) is 0 Å². The highest BCUT2D eigenvalue weighted by Crippen LogP contribution is 2.40. The van der Waals surface area contributed by atoms with E-state index in [-0.39, 0.29) is 29.6 Å². The van der Waals surface area contributed by atoms with Crippen LogP contribution in [0.1, 0.15) is 15.9 Å². The van der Waals surface area contributed by atoms with Gasteiger partial charge in [-0.15, -0.1) is 0 Å². The molecule has 0 unspecified atom stereocenters. The smallest absolute Gasteiger partial charge is 0.342 e. The summed E-state index contributed by atoms with van der Waals surface area (Å²) >= 11 is 6.08. The van der Waals surface area contributed by atoms with Crippen molar-refractivity contribution >= 4 is 27.6 Å². The van der Waals surface area contributed by atoms with E-state index >= 15 is 0 Å². The number of carbonyl (C=O) groups excluding carboxylic acids is 1. The van der Waals surface area contributed by atoms with Gasteiger partial charge in [0.1, 0.15) is 17.9 Å². The molecule has 138 valence electrons. The fourth-order valence-electron chi connectivity index (χ4n) is 2.35. The number of sulfonamides is 1. The predicted molar refractivity (Wildman–Crippen MR) is 91.1 cm³/mol. The molecule has 0 aromatic heterocycles. The molecule has 2 N–H and O–H groups in total. The van der Waals surface area contributed by atoms with E-state index in [0.29, 0.717) is 22.1 Å². The van der Waals surface area contributed by atoms with E-state index in [4.69, 9.17) is 35.7 Å². The third kappa shape index (κ3) is 3.69. The Hall–Kier alpha value is -2.49. The summed E-state index contributed by atoms with van der Waals surface area (Å²) in [5, 5.41) is 5.42. The number of ether oxygens (including phenoxy) is 4. The van der Waals surface area contributed by atoms with Crippen LogP contribution >= 0.6 is 11.6 Å². The van der Waals surface area contributed by atoms with Crippen molar-refractivity contribution in [2.24, 2.45) is 5.14 Å². The van der Waals surface area contributed by atoms with Crippen LogP contribution in [0.15, 0.2) is 35.2 Å². The van der Waals surface area contributed by atoms with E-state index < -0.39 is 16.0 Å². The SMILES string of the molecule is COc1ccc(S(N)(=O)=O)cc1C(=O)OCc1cc(Cl)c2c(c1)OCO2. The molecule has 0 atom stereocenters. The molecular weight excluding hydrogens is 386 g/mol. The minimum absolute atomic E-state index is 0.0640. The lowest BCUT2D eigenvalue weighted by molar-refractivity contribution is 0.0468. The number of nitrogens with two attached hydrogens (primary N) is 1. The fourth-order valence-corrected chi connectivity index (χ4v) is 3.18. The summed E-state index contributed by atoms with van der Waals surface area (Å²) in [5.74, 6) is 0.272. The number of carbonyl (C=O) groups is 1. The van der Waals surface area contributed by atoms with Gasteiger partial charge in [-0.3, -0.25) is 0 Å². The van der Waals surface area contributed by atoms with Gasteiger partial charge >= 0.3 is 5.97 Å². The van der Waals surface area contributed by atoms with Gasteiger partial charge in [0.15, 0.2) is 11.5 Å². The summed E-state index contributed by atoms with van der Waals surface area (Å²) in [5.41, 5.74) is 0.514. The first-order valence-corrected chi connectivity index (χ1v) is 9.18. The molecule has 1 aliphatic heterocycles. The molecule has 2 aromatic rings. The zero-order chi connectivity index (χ0) is 18.9. The van der Waals surface area contributed by atoms with Crippen LogP contribution in [0.2, 0.25) is 5.02 Å². The number of hydrogen-bond donors (Lipinski definition) is 1. The van der Waals surface area contributed by atoms with Gasteiger partial charge in [-0.25, -0.2) is 18.4 Å². The quantitative estimate of drug-likeness (QED) is 0.765. The van der Waals surface area contributed by atoms with Gasteiger partial charge in [0.05, 0.1) is 17.0 Å². The zero-order valence-corrected chi connectivity index (χ0v) is 15.1. The van der Waals surface area contributed by atoms with Crippen LogP contribution in [0.5, 0.6) is 17.2 Å². The van der Waals surface area contributed by atoms with Crippen molar-refractivity contribution in [2.75, 3.05) is 13.9 Å². The number of rotatable bonds is 5. The highest BCUT2D eigenvalue weighted by molar-refractivity contribution is 7.89. The number of primary sulfonamides is 1. The number of benzene rings is 2. The molecular formula is C16H14ClNO7S. The number of methoxy groups -OCH3 is 1. The maximum absolute atomic E-state index is 12.4. The molecule has 2 aromatic carbocycles. The van der Waals surface area contributed by atoms with E-state index in [2.05, 4.69) is 0 Å². The summed E-state index contributed by atoms with van der Waals surface area (Å²) in [6, 6.07) is 6.89. The van der Waals surface area contributed by atoms with E-state index in [9.17, 15) is 13.2 Å². The van der Waals surface area contributed by atoms with Crippen molar-refractivity contribution in [3.05, 3.63) is 46.5 Å². The summed E-state index contributed by atoms with van der Waals surface area (Å²) in [4.78, 5) is 12.1. The Kier molecular flexibility index (Phi) is 4.94. The Morgan fingerprint density at radius 2 is 2.04 bits per heavy atom. The highest BCUT2D eigenvalue weighted by Gasteiger charge is 2.21. The summed E-state index contributed by atoms with van der Waals surface area (Å²) < 4.78 is 43.7. The highest BCUT2D eigenvalue weighted by atomic mass is 35.5. The third-order valence-electron chi connectivity index (χ3n) is 3.58. The molecule has 0 radical (unpaired) electrons. The Labute approximate surface area is 154 Å². The number of hydrogen-bond acceptors (Lipinski definition) is 7. The third-order valence-corrected chi connectivity index (χ3v) is 4.77. The number of esters is 1. The molecule has 0 bridgehead atoms. The standard InChI is InChI=1S/C16H14ClNO7S/c1-22-13-3-2-10(26(18,20)21)6-11(13)16(19)23-7-9-4-12(17)15-14(5-9)24-8-25-15/h2-6H,7-8H2,1H3,(H2,18,20,21). The van der Waals surface area contributed by atoms with Gasteiger partial charge in [-0.2, -0.15) is 0 Å². The molecule has 0 aliphatic carbocycles. The maximum atomic E-state index is 12.4. The lowest BCUT2D eigenvalue weighted by Crippen LogP contribution is -2.14. The first-order chi connectivity index (χ1) is 12.3. The van der Waals surface area contributed by atoms with Gasteiger partial charge in [0.2, 0.25) is 16.8 Å². The number of halogens is 1. The Morgan fingerprint density at radius 1 is 1.27 bits per heavy atom. The first kappa shape index (κ1) is 18.3. The second-order valence-electron chi connectivity index (χ2n) is 5.29. The Bertz CT molecular complexity index is 975. The van der Waals surface area contributed by atoms with Crippen LogP contribution < -0.4 is 19.3 Å². The van der Waals surface area contributed by atoms with Gasteiger partial charge in [-0.05, 0) is 35.9 Å². The molecule has 0 fully saturated rings. The predicted octanol–water partition coefficient (Wildman–Crippen LogP) is 2.08. The average Bonchev–Trinajstić information content (AvgIpc) is 3.07. The van der Waals surface area contributed by atoms with Crippen LogP contribution in [0.4, 0.5) is 0 Å². The van der Waals surface area contributed by atoms with Crippen LogP contribution in [-0.2, 0) is 21.4 Å². The van der Waals surface area contributed by atoms with Crippen molar-refractivity contribution in [1.29, 1.82) is 0 Å². The molecule has 0 spiro atoms. The fraction of sp³-hybridized carbons (Fsp3) is 0.188. The molecule has 8 nitrogen and oxygen atoms in total. The van der Waals surface area contributed by atoms with Crippen molar-refractivity contribution in [3.8, 4) is 17.2 Å². The monoisotopic (exact) mass is 399 g/mol. The Balaban J connectivity index is 1.81. The second-order valence-corrected chi connectivity index (χ2v) is 7.26. The normalized spacial score (nSPS) is 12.7. The topological polar surface area (TPSA) is 114 Å². The molecule has 1 heterocycles. The van der Waals surface area contributed by atoms with Crippen LogP contribution in [0.25, 0.3) is 0 Å². The molecule has 0 saturated heterocycles. The van der Waals surface area contributed by atoms with Crippen LogP contribution in [0.3, 0.4) is 0 Å². The van der Waals surface area contributed by atoms with E-state index in [1.54, 1.807) is 12.1 Å². The Morgan fingerprint density at radius 3 is 2.73 bits per heavy atom. The van der Waals surface area contributed by atoms with Crippen molar-refractivity contribution in [2.45, 2.75) is 11.5 Å². The average molecular weight is 400 g/mol. The molecule has 3 rings (SSSR count). The van der Waals surface area contributed by atoms with Gasteiger partial charge < -0.3 is 18.9 Å². The van der Waals surface area contributed by atoms with Crippen molar-refractivity contribution < 1.29 is 32.2 Å². The molecule has 26 heavy (non-hydrogen) atoms. The maximum Gasteiger partial charge on any atom is 0.342 e. The largest absolute Gasteiger partial charge is 0.496 e. The van der Waals surface area contributed by atoms with E-state index in [0.717, 1.165) is 6.07 Å². The van der Waals surface area contributed by atoms with Crippen LogP contribution in [-0.4, -0.2) is 28.3 Å². The van der Waals surface area contributed by atoms with Crippen molar-refractivity contribution in [1.82, 2.24) is 0 Å². The minimum Gasteiger partial charge on any atom is -0.496 e. The second kappa shape index (κ2) is 7.02. The summed E-state index contributed by atoms with van der Waals surface area (Å²) in [6.45, 7) is -0.0478. The minimum atomic E-state index is -3.97. The van der Waals surface area contributed by atoms with Gasteiger partial charge in [0, 0.05) is 0 Å². The lowest BCUT2D eigenvalue weighted by Gasteiger charge is -2.11. The zero-order valence-electron chi connectivity index (χ0n) is 13.5. The number of fused-ring (bicyclic) bond motifs is 1.